The van der Waals surface area contributed by atoms with Gasteiger partial charge in [0.15, 0.2) is 0 Å². The number of hydrazone groups is 1. The van der Waals surface area contributed by atoms with Crippen LogP contribution in [-0.2, 0) is 0 Å². The molecule has 0 bridgehead atoms. The maximum absolute atomic E-state index is 11.8. The fourth-order valence-corrected chi connectivity index (χ4v) is 1.72. The molecule has 4 nitrogen and oxygen atoms in total. The predicted molar refractivity (Wildman–Crippen MR) is 79.8 cm³/mol. The second kappa shape index (κ2) is 6.10. The van der Waals surface area contributed by atoms with Gasteiger partial charge in [0.05, 0.1) is 5.71 Å². The molecule has 0 fully saturated rings. The quantitative estimate of drug-likeness (QED) is 0.686. The smallest absolute Gasteiger partial charge is 0.266 e. The van der Waals surface area contributed by atoms with E-state index in [1.807, 2.05) is 19.1 Å². The molecular weight excluding hydrogens is 250 g/mol. The maximum Gasteiger partial charge on any atom is 0.289 e. The summed E-state index contributed by atoms with van der Waals surface area (Å²) < 4.78 is 0. The van der Waals surface area contributed by atoms with Crippen molar-refractivity contribution in [3.05, 3.63) is 65.0 Å². The molecule has 102 valence electrons. The Hall–Kier alpha value is -2.49. The number of hydrogen-bond acceptors (Lipinski definition) is 3. The molecule has 0 radical (unpaired) electrons. The van der Waals surface area contributed by atoms with Crippen molar-refractivity contribution in [3.63, 3.8) is 0 Å². The van der Waals surface area contributed by atoms with E-state index >= 15 is 0 Å². The topological polar surface area (TPSA) is 54.4 Å². The molecule has 1 aromatic heterocycles. The van der Waals surface area contributed by atoms with Crippen LogP contribution in [0.4, 0.5) is 0 Å². The summed E-state index contributed by atoms with van der Waals surface area (Å²) in [6, 6.07) is 11.3. The van der Waals surface area contributed by atoms with Crippen molar-refractivity contribution < 1.29 is 4.79 Å². The van der Waals surface area contributed by atoms with Crippen LogP contribution < -0.4 is 5.43 Å². The van der Waals surface area contributed by atoms with E-state index in [-0.39, 0.29) is 5.91 Å². The van der Waals surface area contributed by atoms with Crippen LogP contribution in [-0.4, -0.2) is 16.6 Å². The fourth-order valence-electron chi connectivity index (χ4n) is 1.72. The zero-order chi connectivity index (χ0) is 14.5. The highest BCUT2D eigenvalue weighted by Gasteiger charge is 2.05. The van der Waals surface area contributed by atoms with E-state index in [2.05, 4.69) is 35.4 Å². The van der Waals surface area contributed by atoms with Crippen LogP contribution in [0.15, 0.2) is 47.7 Å². The van der Waals surface area contributed by atoms with E-state index in [1.165, 1.54) is 11.1 Å². The Kier molecular flexibility index (Phi) is 4.25. The molecule has 0 aliphatic carbocycles. The molecule has 0 saturated carbocycles. The third-order valence-electron chi connectivity index (χ3n) is 3.15. The lowest BCUT2D eigenvalue weighted by Crippen LogP contribution is -2.20. The zero-order valence-electron chi connectivity index (χ0n) is 11.8. The first kappa shape index (κ1) is 13.9. The molecule has 0 saturated heterocycles. The number of carbonyl (C=O) groups is 1. The molecule has 1 heterocycles. The number of nitrogens with zero attached hydrogens (tertiary/aromatic N) is 2. The largest absolute Gasteiger partial charge is 0.289 e. The number of benzene rings is 1. The molecule has 0 aliphatic rings. The molecule has 4 heteroatoms. The molecule has 1 aromatic carbocycles. The Morgan fingerprint density at radius 3 is 2.60 bits per heavy atom. The van der Waals surface area contributed by atoms with E-state index in [9.17, 15) is 4.79 Å². The Balaban J connectivity index is 2.11. The lowest BCUT2D eigenvalue weighted by atomic mass is 10.0. The molecule has 20 heavy (non-hydrogen) atoms. The first-order valence-electron chi connectivity index (χ1n) is 6.41. The van der Waals surface area contributed by atoms with Crippen LogP contribution in [0.25, 0.3) is 0 Å². The molecule has 0 unspecified atom stereocenters. The number of nitrogens with one attached hydrogen (secondary N) is 1. The minimum Gasteiger partial charge on any atom is -0.266 e. The van der Waals surface area contributed by atoms with Gasteiger partial charge in [0, 0.05) is 6.20 Å². The monoisotopic (exact) mass is 267 g/mol. The van der Waals surface area contributed by atoms with Gasteiger partial charge in [-0.3, -0.25) is 9.78 Å². The van der Waals surface area contributed by atoms with Gasteiger partial charge in [-0.05, 0) is 55.7 Å². The van der Waals surface area contributed by atoms with Crippen molar-refractivity contribution in [1.29, 1.82) is 0 Å². The second-order valence-electron chi connectivity index (χ2n) is 4.65. The molecule has 2 rings (SSSR count). The Morgan fingerprint density at radius 2 is 1.95 bits per heavy atom. The van der Waals surface area contributed by atoms with Crippen molar-refractivity contribution in [3.8, 4) is 0 Å². The van der Waals surface area contributed by atoms with Gasteiger partial charge in [0.1, 0.15) is 5.69 Å². The van der Waals surface area contributed by atoms with E-state index in [0.717, 1.165) is 11.3 Å². The third kappa shape index (κ3) is 3.29. The van der Waals surface area contributed by atoms with Gasteiger partial charge in [0.25, 0.3) is 5.91 Å². The van der Waals surface area contributed by atoms with E-state index in [4.69, 9.17) is 0 Å². The van der Waals surface area contributed by atoms with Crippen LogP contribution in [0.2, 0.25) is 0 Å². The highest BCUT2D eigenvalue weighted by Crippen LogP contribution is 2.10. The van der Waals surface area contributed by atoms with E-state index < -0.39 is 0 Å². The number of carbonyl (C=O) groups excluding carboxylic acids is 1. The second-order valence-corrected chi connectivity index (χ2v) is 4.65. The lowest BCUT2D eigenvalue weighted by Gasteiger charge is -2.05. The molecular formula is C16H17N3O. The number of aromatic nitrogens is 1. The Bertz CT molecular complexity index is 648. The summed E-state index contributed by atoms with van der Waals surface area (Å²) in [6.45, 7) is 5.98. The Morgan fingerprint density at radius 1 is 1.15 bits per heavy atom. The van der Waals surface area contributed by atoms with Crippen LogP contribution in [0.3, 0.4) is 0 Å². The van der Waals surface area contributed by atoms with Crippen molar-refractivity contribution in [1.82, 2.24) is 10.4 Å². The lowest BCUT2D eigenvalue weighted by molar-refractivity contribution is 0.0950. The van der Waals surface area contributed by atoms with Gasteiger partial charge in [0.2, 0.25) is 0 Å². The van der Waals surface area contributed by atoms with Gasteiger partial charge in [-0.1, -0.05) is 18.2 Å². The van der Waals surface area contributed by atoms with Gasteiger partial charge in [-0.2, -0.15) is 5.10 Å². The van der Waals surface area contributed by atoms with Crippen molar-refractivity contribution in [2.45, 2.75) is 20.8 Å². The van der Waals surface area contributed by atoms with Gasteiger partial charge in [-0.25, -0.2) is 5.43 Å². The van der Waals surface area contributed by atoms with Crippen molar-refractivity contribution in [2.75, 3.05) is 0 Å². The van der Waals surface area contributed by atoms with Crippen LogP contribution in [0.5, 0.6) is 0 Å². The van der Waals surface area contributed by atoms with E-state index in [1.54, 1.807) is 24.4 Å². The maximum atomic E-state index is 11.8. The molecule has 1 N–H and O–H groups in total. The summed E-state index contributed by atoms with van der Waals surface area (Å²) in [5, 5.41) is 4.12. The number of rotatable bonds is 3. The Labute approximate surface area is 118 Å². The molecule has 0 aliphatic heterocycles. The molecule has 0 spiro atoms. The SMILES string of the molecule is C/C(=N\NC(=O)c1ccccn1)c1ccc(C)c(C)c1. The minimum absolute atomic E-state index is 0.311. The minimum atomic E-state index is -0.311. The van der Waals surface area contributed by atoms with E-state index in [0.29, 0.717) is 5.69 Å². The van der Waals surface area contributed by atoms with Crippen LogP contribution >= 0.6 is 0 Å². The first-order chi connectivity index (χ1) is 9.58. The summed E-state index contributed by atoms with van der Waals surface area (Å²) in [5.41, 5.74) is 7.06. The number of amides is 1. The van der Waals surface area contributed by atoms with Crippen molar-refractivity contribution >= 4 is 11.6 Å². The number of hydrogen-bond donors (Lipinski definition) is 1. The molecule has 2 aromatic rings. The summed E-state index contributed by atoms with van der Waals surface area (Å²) in [6.07, 6.45) is 1.58. The predicted octanol–water partition coefficient (Wildman–Crippen LogP) is 2.85. The molecule has 1 amide bonds. The summed E-state index contributed by atoms with van der Waals surface area (Å²) in [7, 11) is 0. The van der Waals surface area contributed by atoms with Crippen molar-refractivity contribution in [2.24, 2.45) is 5.10 Å². The standard InChI is InChI=1S/C16H17N3O/c1-11-7-8-14(10-12(11)2)13(3)18-19-16(20)15-6-4-5-9-17-15/h4-10H,1-3H3,(H,19,20)/b18-13+. The summed E-state index contributed by atoms with van der Waals surface area (Å²) in [5.74, 6) is -0.311. The average Bonchev–Trinajstić information content (AvgIpc) is 2.48. The van der Waals surface area contributed by atoms with Gasteiger partial charge < -0.3 is 0 Å². The zero-order valence-corrected chi connectivity index (χ0v) is 11.8. The third-order valence-corrected chi connectivity index (χ3v) is 3.15. The highest BCUT2D eigenvalue weighted by molar-refractivity contribution is 6.00. The van der Waals surface area contributed by atoms with Gasteiger partial charge >= 0.3 is 0 Å². The number of pyridine rings is 1. The highest BCUT2D eigenvalue weighted by atomic mass is 16.2. The van der Waals surface area contributed by atoms with Gasteiger partial charge in [-0.15, -0.1) is 0 Å². The number of aryl methyl sites for hydroxylation is 2. The van der Waals surface area contributed by atoms with Crippen LogP contribution in [0, 0.1) is 13.8 Å². The normalized spacial score (nSPS) is 11.2. The fraction of sp³-hybridized carbons (Fsp3) is 0.188. The summed E-state index contributed by atoms with van der Waals surface area (Å²) in [4.78, 5) is 15.8. The molecule has 0 atom stereocenters. The average molecular weight is 267 g/mol. The first-order valence-corrected chi connectivity index (χ1v) is 6.41. The van der Waals surface area contributed by atoms with Crippen LogP contribution in [0.1, 0.15) is 34.1 Å². The summed E-state index contributed by atoms with van der Waals surface area (Å²) >= 11 is 0.